The number of hydrogen-bond donors (Lipinski definition) is 1. The van der Waals surface area contributed by atoms with Gasteiger partial charge in [0.15, 0.2) is 5.65 Å². The fourth-order valence-electron chi connectivity index (χ4n) is 4.78. The highest BCUT2D eigenvalue weighted by Crippen LogP contribution is 2.32. The van der Waals surface area contributed by atoms with E-state index in [-0.39, 0.29) is 13.2 Å². The van der Waals surface area contributed by atoms with E-state index in [0.29, 0.717) is 46.5 Å². The highest BCUT2D eigenvalue weighted by molar-refractivity contribution is 6.31. The summed E-state index contributed by atoms with van der Waals surface area (Å²) in [4.78, 5) is 36.1. The van der Waals surface area contributed by atoms with Crippen molar-refractivity contribution in [1.82, 2.24) is 33.4 Å². The third-order valence-electron chi connectivity index (χ3n) is 6.86. The van der Waals surface area contributed by atoms with Crippen LogP contribution in [0, 0.1) is 17.8 Å². The lowest BCUT2D eigenvalue weighted by Gasteiger charge is -2.11. The van der Waals surface area contributed by atoms with E-state index in [1.54, 1.807) is 34.0 Å². The minimum absolute atomic E-state index is 0.123. The Hall–Kier alpha value is -4.20. The van der Waals surface area contributed by atoms with Crippen LogP contribution in [0.15, 0.2) is 52.6 Å². The first kappa shape index (κ1) is 24.2. The molecule has 38 heavy (non-hydrogen) atoms. The van der Waals surface area contributed by atoms with Crippen LogP contribution in [0.1, 0.15) is 18.4 Å². The summed E-state index contributed by atoms with van der Waals surface area (Å²) in [7, 11) is 1.85. The lowest BCUT2D eigenvalue weighted by atomic mass is 10.1. The Morgan fingerprint density at radius 2 is 2.00 bits per heavy atom. The van der Waals surface area contributed by atoms with Crippen LogP contribution < -0.4 is 11.2 Å². The van der Waals surface area contributed by atoms with Crippen LogP contribution in [0.5, 0.6) is 0 Å². The Bertz CT molecular complexity index is 1880. The number of aliphatic hydroxyl groups is 1. The quantitative estimate of drug-likeness (QED) is 0.338. The van der Waals surface area contributed by atoms with Crippen molar-refractivity contribution in [1.29, 1.82) is 0 Å². The molecule has 10 nitrogen and oxygen atoms in total. The van der Waals surface area contributed by atoms with Gasteiger partial charge in [-0.25, -0.2) is 14.3 Å². The molecule has 1 aliphatic carbocycles. The zero-order valence-corrected chi connectivity index (χ0v) is 21.4. The fourth-order valence-corrected chi connectivity index (χ4v) is 4.95. The second kappa shape index (κ2) is 9.59. The topological polar surface area (TPSA) is 113 Å². The minimum Gasteiger partial charge on any atom is -0.384 e. The monoisotopic (exact) mass is 529 g/mol. The van der Waals surface area contributed by atoms with Crippen molar-refractivity contribution < 1.29 is 5.11 Å². The van der Waals surface area contributed by atoms with Gasteiger partial charge >= 0.3 is 5.69 Å². The van der Waals surface area contributed by atoms with E-state index < -0.39 is 11.2 Å². The van der Waals surface area contributed by atoms with Crippen LogP contribution in [0.2, 0.25) is 5.02 Å². The van der Waals surface area contributed by atoms with Gasteiger partial charge in [-0.15, -0.1) is 0 Å². The number of imidazole rings is 1. The number of rotatable bonds is 6. The van der Waals surface area contributed by atoms with Crippen molar-refractivity contribution in [3.05, 3.63) is 74.4 Å². The molecule has 1 N–H and O–H groups in total. The molecule has 6 rings (SSSR count). The number of halogens is 1. The van der Waals surface area contributed by atoms with Crippen LogP contribution in [-0.4, -0.2) is 45.2 Å². The Morgan fingerprint density at radius 1 is 1.16 bits per heavy atom. The van der Waals surface area contributed by atoms with E-state index in [2.05, 4.69) is 21.8 Å². The second-order valence-corrected chi connectivity index (χ2v) is 9.90. The van der Waals surface area contributed by atoms with Gasteiger partial charge in [0.05, 0.1) is 36.8 Å². The van der Waals surface area contributed by atoms with Gasteiger partial charge in [-0.05, 0) is 48.6 Å². The lowest BCUT2D eigenvalue weighted by Crippen LogP contribution is -2.40. The molecule has 0 aliphatic heterocycles. The molecule has 0 unspecified atom stereocenters. The molecule has 0 radical (unpaired) electrons. The van der Waals surface area contributed by atoms with E-state index in [0.717, 1.165) is 33.9 Å². The van der Waals surface area contributed by atoms with Crippen LogP contribution >= 0.6 is 11.6 Å². The van der Waals surface area contributed by atoms with E-state index in [1.807, 2.05) is 29.8 Å². The SMILES string of the molecule is Cn1cncc1-c1c2c(=O)n(CC#CCO)c(=O)n(CC3CC3)c2nn1Cc1ccnc2ccc(Cl)cc12. The number of hydrogen-bond acceptors (Lipinski definition) is 6. The molecule has 0 bridgehead atoms. The molecule has 5 aromatic rings. The molecule has 0 saturated heterocycles. The average molecular weight is 530 g/mol. The molecule has 1 saturated carbocycles. The number of aliphatic hydroxyl groups excluding tert-OH is 1. The van der Waals surface area contributed by atoms with Crippen molar-refractivity contribution in [2.45, 2.75) is 32.5 Å². The van der Waals surface area contributed by atoms with Crippen LogP contribution in [-0.2, 0) is 26.7 Å². The summed E-state index contributed by atoms with van der Waals surface area (Å²) >= 11 is 6.30. The van der Waals surface area contributed by atoms with Crippen molar-refractivity contribution in [3.8, 4) is 23.2 Å². The number of nitrogens with zero attached hydrogens (tertiary/aromatic N) is 7. The minimum atomic E-state index is -0.477. The molecule has 1 aromatic carbocycles. The highest BCUT2D eigenvalue weighted by atomic mass is 35.5. The van der Waals surface area contributed by atoms with Gasteiger partial charge in [0, 0.05) is 30.2 Å². The van der Waals surface area contributed by atoms with Gasteiger partial charge in [0.25, 0.3) is 5.56 Å². The average Bonchev–Trinajstić information content (AvgIpc) is 3.52. The van der Waals surface area contributed by atoms with E-state index in [1.165, 1.54) is 0 Å². The van der Waals surface area contributed by atoms with Gasteiger partial charge < -0.3 is 9.67 Å². The number of aryl methyl sites for hydroxylation is 1. The Balaban J connectivity index is 1.65. The molecular formula is C27H24ClN7O3. The zero-order chi connectivity index (χ0) is 26.4. The maximum Gasteiger partial charge on any atom is 0.333 e. The van der Waals surface area contributed by atoms with Crippen LogP contribution in [0.4, 0.5) is 0 Å². The molecule has 11 heteroatoms. The van der Waals surface area contributed by atoms with Crippen molar-refractivity contribution in [2.24, 2.45) is 13.0 Å². The predicted molar refractivity (Wildman–Crippen MR) is 144 cm³/mol. The van der Waals surface area contributed by atoms with Crippen LogP contribution in [0.3, 0.4) is 0 Å². The highest BCUT2D eigenvalue weighted by Gasteiger charge is 2.28. The van der Waals surface area contributed by atoms with E-state index in [9.17, 15) is 9.59 Å². The first-order chi connectivity index (χ1) is 18.5. The summed E-state index contributed by atoms with van der Waals surface area (Å²) in [6.45, 7) is 0.312. The zero-order valence-electron chi connectivity index (χ0n) is 20.6. The number of pyridine rings is 1. The predicted octanol–water partition coefficient (Wildman–Crippen LogP) is 2.42. The van der Waals surface area contributed by atoms with Gasteiger partial charge in [-0.3, -0.25) is 19.0 Å². The van der Waals surface area contributed by atoms with Crippen molar-refractivity contribution in [2.75, 3.05) is 6.61 Å². The van der Waals surface area contributed by atoms with E-state index in [4.69, 9.17) is 21.8 Å². The maximum atomic E-state index is 13.9. The third-order valence-corrected chi connectivity index (χ3v) is 7.10. The molecule has 4 heterocycles. The maximum absolute atomic E-state index is 13.9. The summed E-state index contributed by atoms with van der Waals surface area (Å²) < 4.78 is 6.29. The van der Waals surface area contributed by atoms with Gasteiger partial charge in [-0.1, -0.05) is 23.4 Å². The normalized spacial score (nSPS) is 13.2. The van der Waals surface area contributed by atoms with Crippen molar-refractivity contribution >= 4 is 33.5 Å². The number of benzene rings is 1. The van der Waals surface area contributed by atoms with E-state index >= 15 is 0 Å². The fraction of sp³-hybridized carbons (Fsp3) is 0.296. The lowest BCUT2D eigenvalue weighted by molar-refractivity contribution is 0.350. The molecule has 1 fully saturated rings. The first-order valence-electron chi connectivity index (χ1n) is 12.3. The number of fused-ring (bicyclic) bond motifs is 2. The smallest absolute Gasteiger partial charge is 0.333 e. The third kappa shape index (κ3) is 4.20. The summed E-state index contributed by atoms with van der Waals surface area (Å²) in [5, 5.41) is 15.8. The first-order valence-corrected chi connectivity index (χ1v) is 12.6. The molecule has 192 valence electrons. The molecule has 4 aromatic heterocycles. The van der Waals surface area contributed by atoms with Gasteiger partial charge in [0.1, 0.15) is 17.7 Å². The van der Waals surface area contributed by atoms with Crippen molar-refractivity contribution in [3.63, 3.8) is 0 Å². The Morgan fingerprint density at radius 3 is 2.74 bits per heavy atom. The summed E-state index contributed by atoms with van der Waals surface area (Å²) in [6, 6.07) is 7.42. The second-order valence-electron chi connectivity index (χ2n) is 9.47. The molecule has 0 amide bonds. The summed E-state index contributed by atoms with van der Waals surface area (Å²) in [5.74, 6) is 5.61. The Labute approximate surface area is 221 Å². The van der Waals surface area contributed by atoms with Crippen LogP contribution in [0.25, 0.3) is 33.3 Å². The Kier molecular flexibility index (Phi) is 6.10. The molecule has 1 aliphatic rings. The molecular weight excluding hydrogens is 506 g/mol. The number of aromatic nitrogens is 7. The molecule has 0 atom stereocenters. The standard InChI is InChI=1S/C27H24ClN7O3/c1-32-16-29-13-22(32)24-23-25(31-35(24)15-18-8-9-30-21-7-6-19(28)12-20(18)21)34(14-17-4-5-17)27(38)33(26(23)37)10-2-3-11-36/h6-9,12-13,16-17,36H,4-5,10-11,14-15H2,1H3. The largest absolute Gasteiger partial charge is 0.384 e. The van der Waals surface area contributed by atoms with Gasteiger partial charge in [-0.2, -0.15) is 5.10 Å². The summed E-state index contributed by atoms with van der Waals surface area (Å²) in [5.41, 5.74) is 2.36. The molecule has 0 spiro atoms. The summed E-state index contributed by atoms with van der Waals surface area (Å²) in [6.07, 6.45) is 7.12. The van der Waals surface area contributed by atoms with Gasteiger partial charge in [0.2, 0.25) is 0 Å².